The van der Waals surface area contributed by atoms with Crippen molar-refractivity contribution >= 4 is 11.6 Å². The average molecular weight is 241 g/mol. The summed E-state index contributed by atoms with van der Waals surface area (Å²) >= 11 is 5.81. The van der Waals surface area contributed by atoms with E-state index in [1.54, 1.807) is 24.3 Å². The normalized spacial score (nSPS) is 10.1. The third-order valence-electron chi connectivity index (χ3n) is 1.81. The van der Waals surface area contributed by atoms with Crippen molar-refractivity contribution in [2.45, 2.75) is 0 Å². The average Bonchev–Trinajstić information content (AvgIpc) is 2.28. The summed E-state index contributed by atoms with van der Waals surface area (Å²) in [5.74, 6) is -1.25. The Hall–Kier alpha value is -1.88. The number of halogens is 2. The van der Waals surface area contributed by atoms with Gasteiger partial charge in [0.1, 0.15) is 5.75 Å². The van der Waals surface area contributed by atoms with Gasteiger partial charge in [0.15, 0.2) is 0 Å². The molecule has 6 heteroatoms. The van der Waals surface area contributed by atoms with Crippen LogP contribution >= 0.6 is 11.6 Å². The number of aromatic nitrogens is 2. The van der Waals surface area contributed by atoms with Gasteiger partial charge < -0.3 is 9.72 Å². The van der Waals surface area contributed by atoms with E-state index in [0.29, 0.717) is 5.02 Å². The van der Waals surface area contributed by atoms with E-state index in [1.807, 2.05) is 0 Å². The number of aromatic amines is 1. The molecule has 0 saturated carbocycles. The van der Waals surface area contributed by atoms with Crippen LogP contribution in [0, 0.1) is 5.82 Å². The van der Waals surface area contributed by atoms with Crippen LogP contribution < -0.4 is 10.3 Å². The number of ether oxygens (including phenoxy) is 1. The van der Waals surface area contributed by atoms with Crippen LogP contribution in [0.1, 0.15) is 0 Å². The Labute approximate surface area is 94.7 Å². The van der Waals surface area contributed by atoms with Gasteiger partial charge >= 0.3 is 0 Å². The molecule has 0 bridgehead atoms. The van der Waals surface area contributed by atoms with Gasteiger partial charge in [-0.25, -0.2) is 4.98 Å². The van der Waals surface area contributed by atoms with E-state index >= 15 is 0 Å². The number of nitrogens with one attached hydrogen (secondary N) is 1. The number of benzene rings is 1. The molecule has 0 aliphatic heterocycles. The van der Waals surface area contributed by atoms with E-state index in [2.05, 4.69) is 9.97 Å². The highest BCUT2D eigenvalue weighted by Gasteiger charge is 2.11. The van der Waals surface area contributed by atoms with Crippen molar-refractivity contribution in [3.63, 3.8) is 0 Å². The fraction of sp³-hybridized carbons (Fsp3) is 0. The van der Waals surface area contributed by atoms with Crippen LogP contribution in [0.15, 0.2) is 35.4 Å². The number of rotatable bonds is 2. The lowest BCUT2D eigenvalue weighted by molar-refractivity contribution is 0.416. The Balaban J connectivity index is 2.38. The zero-order chi connectivity index (χ0) is 11.5. The number of H-pyrrole nitrogens is 1. The molecule has 0 saturated heterocycles. The number of nitrogens with zero attached hydrogens (tertiary/aromatic N) is 1. The molecular weight excluding hydrogens is 235 g/mol. The smallest absolute Gasteiger partial charge is 0.290 e. The Morgan fingerprint density at radius 1 is 1.38 bits per heavy atom. The van der Waals surface area contributed by atoms with Crippen molar-refractivity contribution in [3.05, 3.63) is 51.8 Å². The second kappa shape index (κ2) is 4.32. The van der Waals surface area contributed by atoms with E-state index in [0.717, 1.165) is 6.33 Å². The molecule has 0 amide bonds. The van der Waals surface area contributed by atoms with Crippen molar-refractivity contribution in [1.82, 2.24) is 9.97 Å². The van der Waals surface area contributed by atoms with Crippen LogP contribution in [-0.4, -0.2) is 9.97 Å². The predicted molar refractivity (Wildman–Crippen MR) is 56.3 cm³/mol. The SMILES string of the molecule is O=c1[nH]cnc(Oc2ccccc2Cl)c1F. The lowest BCUT2D eigenvalue weighted by Crippen LogP contribution is -2.12. The second-order valence-corrected chi connectivity index (χ2v) is 3.29. The second-order valence-electron chi connectivity index (χ2n) is 2.88. The molecule has 16 heavy (non-hydrogen) atoms. The summed E-state index contributed by atoms with van der Waals surface area (Å²) in [7, 11) is 0. The lowest BCUT2D eigenvalue weighted by atomic mass is 10.3. The van der Waals surface area contributed by atoms with E-state index in [1.165, 1.54) is 0 Å². The third-order valence-corrected chi connectivity index (χ3v) is 2.12. The Morgan fingerprint density at radius 2 is 2.12 bits per heavy atom. The summed E-state index contributed by atoms with van der Waals surface area (Å²) in [6.45, 7) is 0. The van der Waals surface area contributed by atoms with Crippen molar-refractivity contribution in [3.8, 4) is 11.6 Å². The van der Waals surface area contributed by atoms with E-state index in [4.69, 9.17) is 16.3 Å². The lowest BCUT2D eigenvalue weighted by Gasteiger charge is -2.05. The molecule has 1 heterocycles. The van der Waals surface area contributed by atoms with Crippen molar-refractivity contribution in [1.29, 1.82) is 0 Å². The first kappa shape index (κ1) is 10.6. The summed E-state index contributed by atoms with van der Waals surface area (Å²) in [6, 6.07) is 6.51. The fourth-order valence-electron chi connectivity index (χ4n) is 1.07. The number of hydrogen-bond acceptors (Lipinski definition) is 3. The molecule has 0 unspecified atom stereocenters. The molecule has 0 atom stereocenters. The van der Waals surface area contributed by atoms with Crippen LogP contribution in [0.4, 0.5) is 4.39 Å². The van der Waals surface area contributed by atoms with Gasteiger partial charge in [0.2, 0.25) is 5.82 Å². The first-order valence-corrected chi connectivity index (χ1v) is 4.72. The summed E-state index contributed by atoms with van der Waals surface area (Å²) in [5, 5.41) is 0.309. The molecule has 2 rings (SSSR count). The van der Waals surface area contributed by atoms with Gasteiger partial charge in [-0.3, -0.25) is 4.79 Å². The highest BCUT2D eigenvalue weighted by Crippen LogP contribution is 2.27. The summed E-state index contributed by atoms with van der Waals surface area (Å²) in [4.78, 5) is 16.6. The maximum absolute atomic E-state index is 13.2. The standard InChI is InChI=1S/C10H6ClFN2O2/c11-6-3-1-2-4-7(6)16-10-8(12)9(15)13-5-14-10/h1-5H,(H,13,14,15). The highest BCUT2D eigenvalue weighted by atomic mass is 35.5. The predicted octanol–water partition coefficient (Wildman–Crippen LogP) is 2.35. The summed E-state index contributed by atoms with van der Waals surface area (Å²) in [6.07, 6.45) is 1.05. The molecule has 2 aromatic rings. The highest BCUT2D eigenvalue weighted by molar-refractivity contribution is 6.32. The maximum Gasteiger partial charge on any atom is 0.290 e. The van der Waals surface area contributed by atoms with Gasteiger partial charge in [0.05, 0.1) is 11.3 Å². The first-order valence-electron chi connectivity index (χ1n) is 4.34. The molecule has 0 aliphatic rings. The van der Waals surface area contributed by atoms with Crippen LogP contribution in [0.25, 0.3) is 0 Å². The minimum absolute atomic E-state index is 0.237. The van der Waals surface area contributed by atoms with Gasteiger partial charge in [-0.05, 0) is 12.1 Å². The Kier molecular flexibility index (Phi) is 2.87. The van der Waals surface area contributed by atoms with Crippen molar-refractivity contribution in [2.24, 2.45) is 0 Å². The fourth-order valence-corrected chi connectivity index (χ4v) is 1.24. The minimum atomic E-state index is -1.08. The van der Waals surface area contributed by atoms with Gasteiger partial charge in [-0.2, -0.15) is 4.39 Å². The molecule has 82 valence electrons. The Bertz CT molecular complexity index is 571. The van der Waals surface area contributed by atoms with Gasteiger partial charge in [0.25, 0.3) is 11.4 Å². The molecule has 0 fully saturated rings. The molecular formula is C10H6ClFN2O2. The number of para-hydroxylation sites is 1. The van der Waals surface area contributed by atoms with Crippen LogP contribution in [0.5, 0.6) is 11.6 Å². The van der Waals surface area contributed by atoms with E-state index < -0.39 is 17.3 Å². The monoisotopic (exact) mass is 240 g/mol. The first-order chi connectivity index (χ1) is 7.68. The molecule has 0 spiro atoms. The van der Waals surface area contributed by atoms with E-state index in [-0.39, 0.29) is 5.75 Å². The zero-order valence-electron chi connectivity index (χ0n) is 7.91. The van der Waals surface area contributed by atoms with Gasteiger partial charge in [-0.1, -0.05) is 23.7 Å². The minimum Gasteiger partial charge on any atom is -0.435 e. The molecule has 1 aromatic heterocycles. The quantitative estimate of drug-likeness (QED) is 0.877. The molecule has 1 aromatic carbocycles. The number of hydrogen-bond donors (Lipinski definition) is 1. The maximum atomic E-state index is 13.2. The van der Waals surface area contributed by atoms with Crippen molar-refractivity contribution < 1.29 is 9.13 Å². The molecule has 4 nitrogen and oxygen atoms in total. The molecule has 0 aliphatic carbocycles. The van der Waals surface area contributed by atoms with Crippen LogP contribution in [-0.2, 0) is 0 Å². The molecule has 1 N–H and O–H groups in total. The van der Waals surface area contributed by atoms with Crippen LogP contribution in [0.3, 0.4) is 0 Å². The van der Waals surface area contributed by atoms with E-state index in [9.17, 15) is 9.18 Å². The van der Waals surface area contributed by atoms with Crippen LogP contribution in [0.2, 0.25) is 5.02 Å². The summed E-state index contributed by atoms with van der Waals surface area (Å²) < 4.78 is 18.3. The zero-order valence-corrected chi connectivity index (χ0v) is 8.66. The molecule has 0 radical (unpaired) electrons. The van der Waals surface area contributed by atoms with Crippen molar-refractivity contribution in [2.75, 3.05) is 0 Å². The van der Waals surface area contributed by atoms with Gasteiger partial charge in [0, 0.05) is 0 Å². The largest absolute Gasteiger partial charge is 0.435 e. The Morgan fingerprint density at radius 3 is 2.88 bits per heavy atom. The van der Waals surface area contributed by atoms with Gasteiger partial charge in [-0.15, -0.1) is 0 Å². The summed E-state index contributed by atoms with van der Waals surface area (Å²) in [5.41, 5.74) is -0.892. The topological polar surface area (TPSA) is 55.0 Å². The third kappa shape index (κ3) is 2.04.